The van der Waals surface area contributed by atoms with Crippen molar-refractivity contribution in [2.75, 3.05) is 11.9 Å². The van der Waals surface area contributed by atoms with E-state index in [-0.39, 0.29) is 15.5 Å². The Kier molecular flexibility index (Phi) is 7.72. The molecule has 0 atom stereocenters. The van der Waals surface area contributed by atoms with E-state index in [9.17, 15) is 17.6 Å². The van der Waals surface area contributed by atoms with Gasteiger partial charge in [0.1, 0.15) is 5.82 Å². The van der Waals surface area contributed by atoms with Crippen molar-refractivity contribution in [2.45, 2.75) is 11.4 Å². The molecule has 0 aliphatic carbocycles. The second-order valence-corrected chi connectivity index (χ2v) is 10.2. The first-order chi connectivity index (χ1) is 14.7. The van der Waals surface area contributed by atoms with Gasteiger partial charge in [0, 0.05) is 32.3 Å². The minimum Gasteiger partial charge on any atom is -0.325 e. The van der Waals surface area contributed by atoms with Crippen molar-refractivity contribution in [1.82, 2.24) is 4.31 Å². The Morgan fingerprint density at radius 1 is 1.00 bits per heavy atom. The summed E-state index contributed by atoms with van der Waals surface area (Å²) in [5, 5.41) is 3.05. The van der Waals surface area contributed by atoms with Crippen LogP contribution in [0.15, 0.2) is 76.1 Å². The lowest BCUT2D eigenvalue weighted by molar-refractivity contribution is -0.116. The number of nitrogens with zero attached hydrogens (tertiary/aromatic N) is 1. The third-order valence-corrected chi connectivity index (χ3v) is 7.24. The van der Waals surface area contributed by atoms with Crippen LogP contribution in [0.1, 0.15) is 5.56 Å². The van der Waals surface area contributed by atoms with Gasteiger partial charge in [-0.05, 0) is 60.7 Å². The van der Waals surface area contributed by atoms with Crippen molar-refractivity contribution < 1.29 is 17.6 Å². The Balaban J connectivity index is 1.92. The van der Waals surface area contributed by atoms with E-state index in [1.807, 2.05) is 0 Å². The molecule has 1 N–H and O–H groups in total. The molecular weight excluding hydrogens is 530 g/mol. The first kappa shape index (κ1) is 23.7. The number of nitrogens with one attached hydrogen (secondary N) is 1. The number of rotatable bonds is 7. The summed E-state index contributed by atoms with van der Waals surface area (Å²) in [6.45, 7) is -0.976. The van der Waals surface area contributed by atoms with E-state index >= 15 is 0 Å². The van der Waals surface area contributed by atoms with Crippen LogP contribution in [0.3, 0.4) is 0 Å². The lowest BCUT2D eigenvalue weighted by Crippen LogP contribution is -2.37. The molecule has 0 unspecified atom stereocenters. The molecule has 0 radical (unpaired) electrons. The molecule has 0 saturated heterocycles. The highest BCUT2D eigenvalue weighted by Crippen LogP contribution is 2.25. The number of benzene rings is 3. The minimum atomic E-state index is -4.16. The number of halogens is 4. The Morgan fingerprint density at radius 2 is 1.65 bits per heavy atom. The predicted molar refractivity (Wildman–Crippen MR) is 123 cm³/mol. The van der Waals surface area contributed by atoms with Crippen molar-refractivity contribution in [3.63, 3.8) is 0 Å². The fraction of sp³-hybridized carbons (Fsp3) is 0.0952. The second-order valence-electron chi connectivity index (χ2n) is 6.48. The molecule has 5 nitrogen and oxygen atoms in total. The van der Waals surface area contributed by atoms with E-state index in [0.29, 0.717) is 10.7 Å². The highest BCUT2D eigenvalue weighted by atomic mass is 79.9. The molecule has 0 aromatic heterocycles. The van der Waals surface area contributed by atoms with Crippen molar-refractivity contribution in [2.24, 2.45) is 0 Å². The maximum absolute atomic E-state index is 14.3. The summed E-state index contributed by atoms with van der Waals surface area (Å²) in [6.07, 6.45) is 0. The Morgan fingerprint density at radius 3 is 2.26 bits per heavy atom. The summed E-state index contributed by atoms with van der Waals surface area (Å²) < 4.78 is 42.5. The number of amides is 1. The fourth-order valence-corrected chi connectivity index (χ4v) is 4.71. The molecule has 10 heteroatoms. The maximum atomic E-state index is 14.3. The van der Waals surface area contributed by atoms with Crippen molar-refractivity contribution in [1.29, 1.82) is 0 Å². The van der Waals surface area contributed by atoms with Crippen LogP contribution in [0, 0.1) is 5.82 Å². The van der Waals surface area contributed by atoms with Gasteiger partial charge in [0.05, 0.1) is 11.4 Å². The molecule has 1 amide bonds. The summed E-state index contributed by atoms with van der Waals surface area (Å²) >= 11 is 15.2. The topological polar surface area (TPSA) is 66.5 Å². The molecule has 3 rings (SSSR count). The standard InChI is InChI=1S/C21H16BrCl2FN2O3S/c22-14-4-8-16(9-5-14)26-21(28)13-27(12-18-19(24)2-1-3-20(18)25)31(29,30)17-10-6-15(23)7-11-17/h1-11H,12-13H2,(H,26,28). The van der Waals surface area contributed by atoms with Gasteiger partial charge in [0.25, 0.3) is 0 Å². The largest absolute Gasteiger partial charge is 0.325 e. The number of hydrogen-bond donors (Lipinski definition) is 1. The number of carbonyl (C=O) groups is 1. The monoisotopic (exact) mass is 544 g/mol. The molecule has 0 bridgehead atoms. The molecule has 3 aromatic carbocycles. The molecule has 31 heavy (non-hydrogen) atoms. The average molecular weight is 546 g/mol. The molecule has 0 heterocycles. The third kappa shape index (κ3) is 6.05. The number of carbonyl (C=O) groups excluding carboxylic acids is 1. The van der Waals surface area contributed by atoms with Gasteiger partial charge < -0.3 is 5.32 Å². The normalized spacial score (nSPS) is 11.5. The predicted octanol–water partition coefficient (Wildman–Crippen LogP) is 5.72. The van der Waals surface area contributed by atoms with Gasteiger partial charge in [-0.15, -0.1) is 0 Å². The Labute approximate surface area is 198 Å². The zero-order valence-electron chi connectivity index (χ0n) is 15.9. The smallest absolute Gasteiger partial charge is 0.243 e. The lowest BCUT2D eigenvalue weighted by atomic mass is 10.2. The highest BCUT2D eigenvalue weighted by molar-refractivity contribution is 9.10. The second kappa shape index (κ2) is 10.1. The molecule has 0 fully saturated rings. The van der Waals surface area contributed by atoms with Crippen molar-refractivity contribution in [3.05, 3.63) is 92.6 Å². The molecule has 3 aromatic rings. The van der Waals surface area contributed by atoms with Gasteiger partial charge in [0.15, 0.2) is 0 Å². The van der Waals surface area contributed by atoms with Crippen LogP contribution < -0.4 is 5.32 Å². The first-order valence-corrected chi connectivity index (χ1v) is 11.9. The van der Waals surface area contributed by atoms with Gasteiger partial charge in [-0.25, -0.2) is 12.8 Å². The van der Waals surface area contributed by atoms with E-state index < -0.39 is 34.8 Å². The molecule has 0 spiro atoms. The van der Waals surface area contributed by atoms with E-state index in [4.69, 9.17) is 23.2 Å². The van der Waals surface area contributed by atoms with Crippen LogP contribution in [0.5, 0.6) is 0 Å². The Hall–Kier alpha value is -1.97. The fourth-order valence-electron chi connectivity index (χ4n) is 2.74. The third-order valence-electron chi connectivity index (χ3n) is 4.30. The summed E-state index contributed by atoms with van der Waals surface area (Å²) in [7, 11) is -4.16. The molecule has 0 saturated carbocycles. The van der Waals surface area contributed by atoms with Crippen molar-refractivity contribution >= 4 is 60.7 Å². The molecule has 0 aliphatic rings. The highest BCUT2D eigenvalue weighted by Gasteiger charge is 2.28. The first-order valence-electron chi connectivity index (χ1n) is 8.91. The lowest BCUT2D eigenvalue weighted by Gasteiger charge is -2.23. The van der Waals surface area contributed by atoms with Gasteiger partial charge in [-0.1, -0.05) is 45.2 Å². The van der Waals surface area contributed by atoms with Gasteiger partial charge in [0.2, 0.25) is 15.9 Å². The van der Waals surface area contributed by atoms with Crippen LogP contribution >= 0.6 is 39.1 Å². The quantitative estimate of drug-likeness (QED) is 0.412. The maximum Gasteiger partial charge on any atom is 0.243 e. The van der Waals surface area contributed by atoms with Crippen LogP contribution in [0.25, 0.3) is 0 Å². The number of anilines is 1. The van der Waals surface area contributed by atoms with Gasteiger partial charge in [-0.2, -0.15) is 4.31 Å². The van der Waals surface area contributed by atoms with Crippen LogP contribution in [0.4, 0.5) is 10.1 Å². The number of sulfonamides is 1. The summed E-state index contributed by atoms with van der Waals surface area (Å²) in [6, 6.07) is 16.3. The van der Waals surface area contributed by atoms with Gasteiger partial charge in [-0.3, -0.25) is 4.79 Å². The van der Waals surface area contributed by atoms with E-state index in [1.165, 1.54) is 42.5 Å². The van der Waals surface area contributed by atoms with Crippen molar-refractivity contribution in [3.8, 4) is 0 Å². The van der Waals surface area contributed by atoms with Gasteiger partial charge >= 0.3 is 0 Å². The summed E-state index contributed by atoms with van der Waals surface area (Å²) in [5.74, 6) is -1.26. The zero-order valence-corrected chi connectivity index (χ0v) is 19.8. The SMILES string of the molecule is O=C(CN(Cc1c(F)cccc1Cl)S(=O)(=O)c1ccc(Cl)cc1)Nc1ccc(Br)cc1. The molecular formula is C21H16BrCl2FN2O3S. The average Bonchev–Trinajstić information content (AvgIpc) is 2.72. The van der Waals surface area contributed by atoms with Crippen LogP contribution in [-0.4, -0.2) is 25.2 Å². The van der Waals surface area contributed by atoms with Crippen LogP contribution in [-0.2, 0) is 21.4 Å². The Bertz CT molecular complexity index is 1170. The minimum absolute atomic E-state index is 0.0295. The van der Waals surface area contributed by atoms with E-state index in [0.717, 1.165) is 8.78 Å². The van der Waals surface area contributed by atoms with E-state index in [2.05, 4.69) is 21.2 Å². The molecule has 162 valence electrons. The molecule has 0 aliphatic heterocycles. The summed E-state index contributed by atoms with van der Waals surface area (Å²) in [5.41, 5.74) is 0.458. The van der Waals surface area contributed by atoms with Crippen LogP contribution in [0.2, 0.25) is 10.0 Å². The zero-order chi connectivity index (χ0) is 22.6. The summed E-state index contributed by atoms with van der Waals surface area (Å²) in [4.78, 5) is 12.5. The van der Waals surface area contributed by atoms with E-state index in [1.54, 1.807) is 24.3 Å². The number of hydrogen-bond acceptors (Lipinski definition) is 3.